The number of ether oxygens (including phenoxy) is 1. The summed E-state index contributed by atoms with van der Waals surface area (Å²) in [6.07, 6.45) is 0. The second-order valence-corrected chi connectivity index (χ2v) is 5.12. The van der Waals surface area contributed by atoms with Gasteiger partial charge in [-0.3, -0.25) is 9.88 Å². The van der Waals surface area contributed by atoms with Crippen LogP contribution in [0.15, 0.2) is 12.1 Å². The second kappa shape index (κ2) is 8.12. The van der Waals surface area contributed by atoms with E-state index in [1.54, 1.807) is 7.11 Å². The number of hydrogen-bond acceptors (Lipinski definition) is 4. The van der Waals surface area contributed by atoms with Gasteiger partial charge in [-0.2, -0.15) is 0 Å². The van der Waals surface area contributed by atoms with Gasteiger partial charge in [-0.25, -0.2) is 0 Å². The Morgan fingerprint density at radius 1 is 1.37 bits per heavy atom. The van der Waals surface area contributed by atoms with Crippen LogP contribution >= 0.6 is 0 Å². The highest BCUT2D eigenvalue weighted by molar-refractivity contribution is 5.26. The molecule has 1 aromatic rings. The minimum Gasteiger partial charge on any atom is -0.497 e. The van der Waals surface area contributed by atoms with E-state index < -0.39 is 0 Å². The molecule has 1 rings (SSSR count). The molecule has 0 bridgehead atoms. The van der Waals surface area contributed by atoms with Crippen molar-refractivity contribution in [3.8, 4) is 5.75 Å². The number of methoxy groups -OCH3 is 1. The van der Waals surface area contributed by atoms with Crippen molar-refractivity contribution < 1.29 is 4.74 Å². The summed E-state index contributed by atoms with van der Waals surface area (Å²) < 4.78 is 5.29. The molecule has 1 aromatic heterocycles. The van der Waals surface area contributed by atoms with E-state index in [9.17, 15) is 0 Å². The Bertz CT molecular complexity index is 380. The molecular formula is C15H27N3O. The van der Waals surface area contributed by atoms with E-state index in [0.29, 0.717) is 6.04 Å². The molecule has 0 unspecified atom stereocenters. The van der Waals surface area contributed by atoms with Crippen LogP contribution in [-0.2, 0) is 6.54 Å². The van der Waals surface area contributed by atoms with Crippen molar-refractivity contribution in [3.63, 3.8) is 0 Å². The molecule has 0 radical (unpaired) electrons. The van der Waals surface area contributed by atoms with E-state index >= 15 is 0 Å². The van der Waals surface area contributed by atoms with Crippen molar-refractivity contribution >= 4 is 0 Å². The summed E-state index contributed by atoms with van der Waals surface area (Å²) in [4.78, 5) is 6.96. The maximum atomic E-state index is 5.29. The first kappa shape index (κ1) is 15.9. The van der Waals surface area contributed by atoms with Gasteiger partial charge in [0.05, 0.1) is 12.8 Å². The van der Waals surface area contributed by atoms with E-state index in [4.69, 9.17) is 4.74 Å². The predicted molar refractivity (Wildman–Crippen MR) is 79.6 cm³/mol. The van der Waals surface area contributed by atoms with Gasteiger partial charge in [-0.05, 0) is 13.5 Å². The van der Waals surface area contributed by atoms with E-state index in [1.165, 1.54) is 0 Å². The zero-order valence-electron chi connectivity index (χ0n) is 12.9. The summed E-state index contributed by atoms with van der Waals surface area (Å²) in [5.74, 6) is 0.888. The molecule has 0 aromatic carbocycles. The summed E-state index contributed by atoms with van der Waals surface area (Å²) in [7, 11) is 1.70. The average Bonchev–Trinajstić information content (AvgIpc) is 2.36. The molecule has 0 aliphatic rings. The molecular weight excluding hydrogens is 238 g/mol. The Balaban J connectivity index is 2.57. The Morgan fingerprint density at radius 2 is 2.11 bits per heavy atom. The number of aromatic nitrogens is 1. The first-order valence-corrected chi connectivity index (χ1v) is 7.02. The molecule has 0 fully saturated rings. The molecule has 19 heavy (non-hydrogen) atoms. The Morgan fingerprint density at radius 3 is 2.68 bits per heavy atom. The maximum Gasteiger partial charge on any atom is 0.122 e. The van der Waals surface area contributed by atoms with Crippen molar-refractivity contribution in [3.05, 3.63) is 23.5 Å². The Labute approximate surface area is 117 Å². The smallest absolute Gasteiger partial charge is 0.122 e. The van der Waals surface area contributed by atoms with Crippen LogP contribution in [0.4, 0.5) is 0 Å². The van der Waals surface area contributed by atoms with Gasteiger partial charge >= 0.3 is 0 Å². The van der Waals surface area contributed by atoms with E-state index in [1.807, 2.05) is 19.1 Å². The zero-order chi connectivity index (χ0) is 14.3. The fraction of sp³-hybridized carbons (Fsp3) is 0.667. The van der Waals surface area contributed by atoms with E-state index in [-0.39, 0.29) is 0 Å². The number of aryl methyl sites for hydroxylation is 1. The van der Waals surface area contributed by atoms with Crippen LogP contribution in [-0.4, -0.2) is 42.7 Å². The van der Waals surface area contributed by atoms with E-state index in [0.717, 1.165) is 43.3 Å². The molecule has 4 nitrogen and oxygen atoms in total. The number of hydrogen-bond donors (Lipinski definition) is 1. The Hall–Kier alpha value is -1.13. The standard InChI is InChI=1S/C15H27N3O/c1-6-18(8-7-16-12(2)3)11-14-10-15(19-5)9-13(4)17-14/h9-10,12,16H,6-8,11H2,1-5H3. The van der Waals surface area contributed by atoms with Crippen molar-refractivity contribution in [2.45, 2.75) is 40.3 Å². The third-order valence-electron chi connectivity index (χ3n) is 3.03. The molecule has 0 saturated carbocycles. The van der Waals surface area contributed by atoms with Crippen LogP contribution in [0.25, 0.3) is 0 Å². The zero-order valence-corrected chi connectivity index (χ0v) is 12.9. The van der Waals surface area contributed by atoms with Crippen LogP contribution < -0.4 is 10.1 Å². The number of nitrogens with zero attached hydrogens (tertiary/aromatic N) is 2. The lowest BCUT2D eigenvalue weighted by molar-refractivity contribution is 0.272. The molecule has 0 saturated heterocycles. The number of pyridine rings is 1. The second-order valence-electron chi connectivity index (χ2n) is 5.12. The van der Waals surface area contributed by atoms with Gasteiger partial charge < -0.3 is 10.1 Å². The minimum absolute atomic E-state index is 0.538. The van der Waals surface area contributed by atoms with Crippen LogP contribution in [0.5, 0.6) is 5.75 Å². The quantitative estimate of drug-likeness (QED) is 0.782. The van der Waals surface area contributed by atoms with Gasteiger partial charge in [0.1, 0.15) is 5.75 Å². The fourth-order valence-electron chi connectivity index (χ4n) is 1.99. The van der Waals surface area contributed by atoms with Crippen LogP contribution in [0, 0.1) is 6.92 Å². The molecule has 108 valence electrons. The monoisotopic (exact) mass is 265 g/mol. The Kier molecular flexibility index (Phi) is 6.81. The van der Waals surface area contributed by atoms with Crippen LogP contribution in [0.1, 0.15) is 32.2 Å². The molecule has 1 heterocycles. The first-order chi connectivity index (χ1) is 9.05. The third-order valence-corrected chi connectivity index (χ3v) is 3.03. The highest BCUT2D eigenvalue weighted by atomic mass is 16.5. The van der Waals surface area contributed by atoms with Crippen molar-refractivity contribution in [1.29, 1.82) is 0 Å². The van der Waals surface area contributed by atoms with Crippen LogP contribution in [0.2, 0.25) is 0 Å². The summed E-state index contributed by atoms with van der Waals surface area (Å²) in [6.45, 7) is 12.5. The van der Waals surface area contributed by atoms with Crippen molar-refractivity contribution in [1.82, 2.24) is 15.2 Å². The average molecular weight is 265 g/mol. The maximum absolute atomic E-state index is 5.29. The molecule has 0 amide bonds. The summed E-state index contributed by atoms with van der Waals surface area (Å²) >= 11 is 0. The fourth-order valence-corrected chi connectivity index (χ4v) is 1.99. The largest absolute Gasteiger partial charge is 0.497 e. The summed E-state index contributed by atoms with van der Waals surface area (Å²) in [6, 6.07) is 4.52. The first-order valence-electron chi connectivity index (χ1n) is 7.02. The molecule has 0 aliphatic carbocycles. The van der Waals surface area contributed by atoms with Crippen molar-refractivity contribution in [2.24, 2.45) is 0 Å². The number of likely N-dealkylation sites (N-methyl/N-ethyl adjacent to an activating group) is 1. The van der Waals surface area contributed by atoms with Gasteiger partial charge in [-0.1, -0.05) is 20.8 Å². The van der Waals surface area contributed by atoms with Gasteiger partial charge in [-0.15, -0.1) is 0 Å². The van der Waals surface area contributed by atoms with Gasteiger partial charge in [0.15, 0.2) is 0 Å². The molecule has 0 spiro atoms. The highest BCUT2D eigenvalue weighted by Crippen LogP contribution is 2.14. The lowest BCUT2D eigenvalue weighted by atomic mass is 10.2. The highest BCUT2D eigenvalue weighted by Gasteiger charge is 2.07. The van der Waals surface area contributed by atoms with Crippen molar-refractivity contribution in [2.75, 3.05) is 26.7 Å². The molecule has 0 aliphatic heterocycles. The number of nitrogens with one attached hydrogen (secondary N) is 1. The van der Waals surface area contributed by atoms with Gasteiger partial charge in [0.2, 0.25) is 0 Å². The molecule has 1 N–H and O–H groups in total. The summed E-state index contributed by atoms with van der Waals surface area (Å²) in [5.41, 5.74) is 2.08. The predicted octanol–water partition coefficient (Wildman–Crippen LogP) is 2.22. The topological polar surface area (TPSA) is 37.4 Å². The molecule has 0 atom stereocenters. The lowest BCUT2D eigenvalue weighted by Crippen LogP contribution is -2.34. The van der Waals surface area contributed by atoms with E-state index in [2.05, 4.69) is 36.0 Å². The molecule has 4 heteroatoms. The van der Waals surface area contributed by atoms with Crippen LogP contribution in [0.3, 0.4) is 0 Å². The minimum atomic E-state index is 0.538. The summed E-state index contributed by atoms with van der Waals surface area (Å²) in [5, 5.41) is 3.44. The van der Waals surface area contributed by atoms with Gasteiger partial charge in [0.25, 0.3) is 0 Å². The third kappa shape index (κ3) is 6.03. The lowest BCUT2D eigenvalue weighted by Gasteiger charge is -2.21. The number of rotatable bonds is 8. The SMILES string of the molecule is CCN(CCNC(C)C)Cc1cc(OC)cc(C)n1. The normalized spacial score (nSPS) is 11.3. The van der Waals surface area contributed by atoms with Gasteiger partial charge in [0, 0.05) is 43.5 Å².